The fourth-order valence-corrected chi connectivity index (χ4v) is 5.22. The summed E-state index contributed by atoms with van der Waals surface area (Å²) in [6.45, 7) is 4.99. The van der Waals surface area contributed by atoms with Crippen molar-refractivity contribution in [3.63, 3.8) is 0 Å². The Bertz CT molecular complexity index is 1970. The third-order valence-corrected chi connectivity index (χ3v) is 7.26. The Labute approximate surface area is 248 Å². The Balaban J connectivity index is 0.000000220. The minimum Gasteiger partial charge on any atom is -0.508 e. The number of carbonyl (C=O) groups is 1. The number of nitrogens with zero attached hydrogens (tertiary/aromatic N) is 1. The van der Waals surface area contributed by atoms with Gasteiger partial charge in [0.15, 0.2) is 12.2 Å². The molecule has 9 heteroatoms. The number of carbonyl (C=O) groups excluding carboxylic acids is 1. The van der Waals surface area contributed by atoms with Gasteiger partial charge in [0.25, 0.3) is 0 Å². The van der Waals surface area contributed by atoms with E-state index >= 15 is 0 Å². The molecule has 0 aliphatic rings. The zero-order valence-electron chi connectivity index (χ0n) is 23.9. The molecule has 43 heavy (non-hydrogen) atoms. The number of nitrogens with one attached hydrogen (secondary N) is 3. The van der Waals surface area contributed by atoms with Crippen molar-refractivity contribution in [3.8, 4) is 11.5 Å². The predicted octanol–water partition coefficient (Wildman–Crippen LogP) is 5.38. The Morgan fingerprint density at radius 3 is 2.58 bits per heavy atom. The van der Waals surface area contributed by atoms with Crippen molar-refractivity contribution < 1.29 is 14.6 Å². The van der Waals surface area contributed by atoms with Crippen LogP contribution in [0.2, 0.25) is 0 Å². The topological polar surface area (TPSA) is 155 Å². The molecule has 0 fully saturated rings. The molecule has 0 amide bonds. The van der Waals surface area contributed by atoms with E-state index in [9.17, 15) is 9.90 Å². The zero-order valence-corrected chi connectivity index (χ0v) is 23.9. The number of phenolic OH excluding ortho intramolecular Hbond substituents is 1. The number of aldehydes is 1. The molecule has 8 N–H and O–H groups in total. The van der Waals surface area contributed by atoms with Crippen molar-refractivity contribution >= 4 is 44.7 Å². The molecule has 2 heterocycles. The molecule has 4 aromatic carbocycles. The van der Waals surface area contributed by atoms with Crippen LogP contribution in [0.5, 0.6) is 11.5 Å². The van der Waals surface area contributed by atoms with Crippen molar-refractivity contribution in [1.29, 1.82) is 5.41 Å². The van der Waals surface area contributed by atoms with E-state index in [0.29, 0.717) is 29.3 Å². The number of amidine groups is 1. The summed E-state index contributed by atoms with van der Waals surface area (Å²) in [5.41, 5.74) is 16.5. The molecule has 0 saturated heterocycles. The molecule has 0 spiro atoms. The molecule has 0 aliphatic carbocycles. The highest BCUT2D eigenvalue weighted by Crippen LogP contribution is 2.29. The normalized spacial score (nSPS) is 10.9. The molecule has 9 nitrogen and oxygen atoms in total. The van der Waals surface area contributed by atoms with Gasteiger partial charge in [-0.2, -0.15) is 0 Å². The first-order chi connectivity index (χ1) is 20.8. The second-order valence-electron chi connectivity index (χ2n) is 10.2. The van der Waals surface area contributed by atoms with Crippen molar-refractivity contribution in [2.45, 2.75) is 13.0 Å². The summed E-state index contributed by atoms with van der Waals surface area (Å²) >= 11 is 0. The number of H-pyrrole nitrogens is 1. The van der Waals surface area contributed by atoms with Gasteiger partial charge in [-0.25, -0.2) is 0 Å². The largest absolute Gasteiger partial charge is 0.508 e. The molecule has 6 rings (SSSR count). The van der Waals surface area contributed by atoms with Crippen LogP contribution >= 0.6 is 0 Å². The van der Waals surface area contributed by atoms with Crippen LogP contribution < -0.4 is 21.5 Å². The van der Waals surface area contributed by atoms with E-state index < -0.39 is 0 Å². The van der Waals surface area contributed by atoms with Gasteiger partial charge < -0.3 is 36.2 Å². The molecule has 218 valence electrons. The lowest BCUT2D eigenvalue weighted by Crippen LogP contribution is -2.11. The van der Waals surface area contributed by atoms with Gasteiger partial charge in [-0.3, -0.25) is 10.2 Å². The van der Waals surface area contributed by atoms with Crippen LogP contribution in [-0.2, 0) is 13.0 Å². The number of hydrogen-bond acceptors (Lipinski definition) is 6. The van der Waals surface area contributed by atoms with E-state index in [0.717, 1.165) is 57.4 Å². The van der Waals surface area contributed by atoms with Gasteiger partial charge in [-0.15, -0.1) is 0 Å². The van der Waals surface area contributed by atoms with E-state index in [1.807, 2.05) is 78.5 Å². The summed E-state index contributed by atoms with van der Waals surface area (Å²) in [5.74, 6) is 0.995. The Morgan fingerprint density at radius 2 is 1.84 bits per heavy atom. The van der Waals surface area contributed by atoms with Crippen molar-refractivity contribution in [1.82, 2.24) is 14.9 Å². The first-order valence-corrected chi connectivity index (χ1v) is 13.8. The fourth-order valence-electron chi connectivity index (χ4n) is 5.22. The first kappa shape index (κ1) is 29.0. The number of nitrogen functional groups attached to an aromatic ring is 1. The number of hydrogen-bond donors (Lipinski definition) is 6. The number of fused-ring (bicyclic) bond motifs is 3. The van der Waals surface area contributed by atoms with Gasteiger partial charge in [-0.05, 0) is 91.0 Å². The monoisotopic (exact) mass is 574 g/mol. The lowest BCUT2D eigenvalue weighted by Gasteiger charge is -2.14. The molecule has 2 aromatic heterocycles. The molecule has 0 radical (unpaired) electrons. The summed E-state index contributed by atoms with van der Waals surface area (Å²) in [7, 11) is 1.94. The van der Waals surface area contributed by atoms with Crippen molar-refractivity contribution in [2.75, 3.05) is 13.6 Å². The van der Waals surface area contributed by atoms with Gasteiger partial charge >= 0.3 is 0 Å². The Morgan fingerprint density at radius 1 is 1.02 bits per heavy atom. The maximum atomic E-state index is 11.7. The molecule has 6 aromatic rings. The van der Waals surface area contributed by atoms with Crippen LogP contribution in [0, 0.1) is 5.41 Å². The number of likely N-dealkylation sites (N-methyl/N-ethyl adjacent to an activating group) is 1. The first-order valence-electron chi connectivity index (χ1n) is 13.8. The molecule has 0 unspecified atom stereocenters. The molecule has 0 saturated carbocycles. The van der Waals surface area contributed by atoms with E-state index in [1.165, 1.54) is 5.56 Å². The van der Waals surface area contributed by atoms with Crippen LogP contribution in [0.15, 0.2) is 97.5 Å². The quantitative estimate of drug-likeness (QED) is 0.0589. The third kappa shape index (κ3) is 6.37. The second-order valence-corrected chi connectivity index (χ2v) is 10.2. The van der Waals surface area contributed by atoms with Gasteiger partial charge in [-0.1, -0.05) is 36.4 Å². The summed E-state index contributed by atoms with van der Waals surface area (Å²) in [6, 6.07) is 24.4. The maximum absolute atomic E-state index is 11.7. The third-order valence-electron chi connectivity index (χ3n) is 7.26. The lowest BCUT2D eigenvalue weighted by molar-refractivity contribution is 0.111. The van der Waals surface area contributed by atoms with Crippen LogP contribution in [-0.4, -0.2) is 40.4 Å². The number of phenols is 1. The average molecular weight is 575 g/mol. The molecular weight excluding hydrogens is 540 g/mol. The van der Waals surface area contributed by atoms with Gasteiger partial charge in [0, 0.05) is 40.1 Å². The maximum Gasteiger partial charge on any atom is 0.183 e. The number of benzene rings is 4. The zero-order chi connectivity index (χ0) is 30.5. The second kappa shape index (κ2) is 12.5. The van der Waals surface area contributed by atoms with Crippen LogP contribution in [0.3, 0.4) is 0 Å². The van der Waals surface area contributed by atoms with E-state index in [1.54, 1.807) is 18.2 Å². The smallest absolute Gasteiger partial charge is 0.183 e. The number of ether oxygens (including phenoxy) is 1. The molecule has 0 atom stereocenters. The van der Waals surface area contributed by atoms with Crippen LogP contribution in [0.4, 0.5) is 0 Å². The highest BCUT2D eigenvalue weighted by atomic mass is 16.5. The summed E-state index contributed by atoms with van der Waals surface area (Å²) in [6.07, 6.45) is 3.80. The van der Waals surface area contributed by atoms with E-state index in [-0.39, 0.29) is 11.7 Å². The highest BCUT2D eigenvalue weighted by Gasteiger charge is 2.13. The predicted molar refractivity (Wildman–Crippen MR) is 173 cm³/mol. The van der Waals surface area contributed by atoms with Gasteiger partial charge in [0.1, 0.15) is 17.3 Å². The Kier molecular flexibility index (Phi) is 8.45. The van der Waals surface area contributed by atoms with Crippen molar-refractivity contribution in [3.05, 3.63) is 120 Å². The minimum absolute atomic E-state index is 0.0189. The number of rotatable bonds is 9. The summed E-state index contributed by atoms with van der Waals surface area (Å²) in [5, 5.41) is 24.3. The van der Waals surface area contributed by atoms with E-state index in [2.05, 4.69) is 16.9 Å². The Hall–Kier alpha value is -5.54. The number of aromatic nitrogens is 2. The van der Waals surface area contributed by atoms with Crippen LogP contribution in [0.25, 0.3) is 32.6 Å². The summed E-state index contributed by atoms with van der Waals surface area (Å²) in [4.78, 5) is 14.9. The van der Waals surface area contributed by atoms with Gasteiger partial charge in [0.2, 0.25) is 0 Å². The van der Waals surface area contributed by atoms with Crippen molar-refractivity contribution in [2.24, 2.45) is 11.5 Å². The molecule has 0 bridgehead atoms. The molecular formula is C34H34N6O3. The lowest BCUT2D eigenvalue weighted by atomic mass is 10.0. The fraction of sp³-hybridized carbons (Fsp3) is 0.118. The number of nitrogens with two attached hydrogens (primary N) is 2. The number of aromatic hydroxyl groups is 1. The molecule has 0 aliphatic heterocycles. The number of aromatic amines is 1. The van der Waals surface area contributed by atoms with Gasteiger partial charge in [0.05, 0.1) is 5.69 Å². The average Bonchev–Trinajstić information content (AvgIpc) is 3.56. The van der Waals surface area contributed by atoms with Crippen LogP contribution in [0.1, 0.15) is 27.2 Å². The summed E-state index contributed by atoms with van der Waals surface area (Å²) < 4.78 is 7.45. The SMILES string of the molecule is C=C(N)Oc1cc(Cn2c(C=O)cc3ccc(C(=N)N)cc32)c2ccccc2c1.CNCCc1c[nH]c2ccc(O)cc12. The standard InChI is InChI=1S/C23H20N4O2.C11H14N2O/c1-14(24)29-20-9-15-4-2-3-5-21(15)18(10-20)12-27-19(13-28)8-16-6-7-17(23(25)26)11-22(16)27;1-12-5-4-8-7-13-11-3-2-9(14)6-10(8)11/h2-11,13H,1,12,24H2,(H3,25,26);2-3,6-7,12-14H,4-5H2,1H3. The minimum atomic E-state index is -0.0189. The highest BCUT2D eigenvalue weighted by molar-refractivity contribution is 6.00. The van der Waals surface area contributed by atoms with E-state index in [4.69, 9.17) is 21.6 Å².